The Morgan fingerprint density at radius 1 is 1.20 bits per heavy atom. The molecule has 0 radical (unpaired) electrons. The van der Waals surface area contributed by atoms with Crippen LogP contribution in [0.25, 0.3) is 0 Å². The number of hydrogen-bond acceptors (Lipinski definition) is 5. The fourth-order valence-electron chi connectivity index (χ4n) is 3.71. The lowest BCUT2D eigenvalue weighted by atomic mass is 10.2. The third kappa shape index (κ3) is 4.36. The molecule has 0 spiro atoms. The van der Waals surface area contributed by atoms with Gasteiger partial charge in [-0.1, -0.05) is 25.4 Å². The Morgan fingerprint density at radius 2 is 1.87 bits per heavy atom. The summed E-state index contributed by atoms with van der Waals surface area (Å²) < 4.78 is 43.3. The van der Waals surface area contributed by atoms with E-state index in [9.17, 15) is 13.2 Å². The second-order valence-electron chi connectivity index (χ2n) is 8.17. The lowest BCUT2D eigenvalue weighted by Crippen LogP contribution is -2.47. The zero-order valence-electron chi connectivity index (χ0n) is 16.9. The molecule has 0 unspecified atom stereocenters. The first-order valence-corrected chi connectivity index (χ1v) is 10.8. The maximum atomic E-state index is 12.8. The highest BCUT2D eigenvalue weighted by Gasteiger charge is 2.33. The lowest BCUT2D eigenvalue weighted by molar-refractivity contribution is -0.137. The van der Waals surface area contributed by atoms with E-state index in [0.717, 1.165) is 35.7 Å². The average Bonchev–Trinajstić information content (AvgIpc) is 3.46. The molecular formula is C19H24ClF3N6S. The summed E-state index contributed by atoms with van der Waals surface area (Å²) in [7, 11) is 0. The number of aromatic nitrogens is 4. The Bertz CT molecular complexity index is 974. The SMILES string of the molecule is CC(C)c1nn(CN2CCN(c3ncc(C(F)(F)F)cc3Cl)CC2)c(=S)n1C1CC1. The Balaban J connectivity index is 1.42. The van der Waals surface area contributed by atoms with Gasteiger partial charge in [0.25, 0.3) is 0 Å². The van der Waals surface area contributed by atoms with E-state index in [1.807, 2.05) is 9.58 Å². The van der Waals surface area contributed by atoms with Gasteiger partial charge in [-0.25, -0.2) is 9.67 Å². The van der Waals surface area contributed by atoms with Gasteiger partial charge in [0.15, 0.2) is 4.77 Å². The smallest absolute Gasteiger partial charge is 0.353 e. The molecule has 0 atom stereocenters. The van der Waals surface area contributed by atoms with Gasteiger partial charge in [0.05, 0.1) is 17.3 Å². The minimum atomic E-state index is -4.45. The number of halogens is 4. The van der Waals surface area contributed by atoms with Crippen LogP contribution < -0.4 is 4.90 Å². The normalized spacial score (nSPS) is 18.4. The monoisotopic (exact) mass is 460 g/mol. The maximum absolute atomic E-state index is 12.8. The largest absolute Gasteiger partial charge is 0.417 e. The molecule has 0 bridgehead atoms. The lowest BCUT2D eigenvalue weighted by Gasteiger charge is -2.35. The van der Waals surface area contributed by atoms with Crippen LogP contribution in [0.5, 0.6) is 0 Å². The van der Waals surface area contributed by atoms with Crippen LogP contribution in [-0.4, -0.2) is 50.4 Å². The second kappa shape index (κ2) is 8.12. The second-order valence-corrected chi connectivity index (χ2v) is 8.94. The van der Waals surface area contributed by atoms with Gasteiger partial charge in [0.2, 0.25) is 0 Å². The first kappa shape index (κ1) is 21.6. The zero-order valence-corrected chi connectivity index (χ0v) is 18.4. The molecule has 0 aromatic carbocycles. The van der Waals surface area contributed by atoms with Gasteiger partial charge in [-0.3, -0.25) is 4.90 Å². The van der Waals surface area contributed by atoms with Crippen LogP contribution in [0, 0.1) is 4.77 Å². The van der Waals surface area contributed by atoms with Crippen molar-refractivity contribution in [3.63, 3.8) is 0 Å². The topological polar surface area (TPSA) is 42.1 Å². The number of pyridine rings is 1. The number of alkyl halides is 3. The molecule has 164 valence electrons. The molecule has 0 N–H and O–H groups in total. The van der Waals surface area contributed by atoms with E-state index in [1.165, 1.54) is 0 Å². The molecule has 2 fully saturated rings. The first-order chi connectivity index (χ1) is 14.1. The van der Waals surface area contributed by atoms with Crippen molar-refractivity contribution >= 4 is 29.6 Å². The summed E-state index contributed by atoms with van der Waals surface area (Å²) in [6.45, 7) is 7.51. The molecule has 2 aromatic heterocycles. The van der Waals surface area contributed by atoms with Gasteiger partial charge in [-0.15, -0.1) is 0 Å². The van der Waals surface area contributed by atoms with Gasteiger partial charge in [-0.2, -0.15) is 18.3 Å². The summed E-state index contributed by atoms with van der Waals surface area (Å²) in [4.78, 5) is 8.12. The molecule has 6 nitrogen and oxygen atoms in total. The average molecular weight is 461 g/mol. The molecule has 1 saturated heterocycles. The van der Waals surface area contributed by atoms with Crippen LogP contribution in [0.15, 0.2) is 12.3 Å². The van der Waals surface area contributed by atoms with Crippen LogP contribution in [-0.2, 0) is 12.8 Å². The molecule has 11 heteroatoms. The fourth-order valence-corrected chi connectivity index (χ4v) is 4.33. The van der Waals surface area contributed by atoms with E-state index < -0.39 is 11.7 Å². The third-order valence-corrected chi connectivity index (χ3v) is 6.17. The van der Waals surface area contributed by atoms with E-state index in [1.54, 1.807) is 0 Å². The van der Waals surface area contributed by atoms with Gasteiger partial charge in [0.1, 0.15) is 11.6 Å². The highest BCUT2D eigenvalue weighted by molar-refractivity contribution is 7.71. The van der Waals surface area contributed by atoms with Crippen LogP contribution >= 0.6 is 23.8 Å². The number of piperazine rings is 1. The minimum absolute atomic E-state index is 0.0187. The molecule has 30 heavy (non-hydrogen) atoms. The van der Waals surface area contributed by atoms with E-state index >= 15 is 0 Å². The molecular weight excluding hydrogens is 437 g/mol. The number of rotatable bonds is 5. The van der Waals surface area contributed by atoms with Crippen LogP contribution in [0.4, 0.5) is 19.0 Å². The van der Waals surface area contributed by atoms with Crippen molar-refractivity contribution < 1.29 is 13.2 Å². The van der Waals surface area contributed by atoms with Crippen LogP contribution in [0.2, 0.25) is 5.02 Å². The van der Waals surface area contributed by atoms with Crippen molar-refractivity contribution in [2.24, 2.45) is 0 Å². The Kier molecular flexibility index (Phi) is 5.84. The van der Waals surface area contributed by atoms with Gasteiger partial charge >= 0.3 is 6.18 Å². The number of anilines is 1. The molecule has 1 saturated carbocycles. The van der Waals surface area contributed by atoms with E-state index in [-0.39, 0.29) is 5.02 Å². The standard InChI is InChI=1S/C19H24ClF3N6S/c1-12(2)16-25-28(18(30)29(16)14-3-4-14)11-26-5-7-27(8-6-26)17-15(20)9-13(10-24-17)19(21,22)23/h9-10,12,14H,3-8,11H2,1-2H3. The zero-order chi connectivity index (χ0) is 21.6. The van der Waals surface area contributed by atoms with Gasteiger partial charge in [0, 0.05) is 44.3 Å². The number of nitrogens with zero attached hydrogens (tertiary/aromatic N) is 6. The van der Waals surface area contributed by atoms with Gasteiger partial charge in [-0.05, 0) is 31.1 Å². The maximum Gasteiger partial charge on any atom is 0.417 e. The molecule has 3 heterocycles. The van der Waals surface area contributed by atoms with Crippen molar-refractivity contribution in [3.8, 4) is 0 Å². The predicted molar refractivity (Wildman–Crippen MR) is 111 cm³/mol. The van der Waals surface area contributed by atoms with Crippen LogP contribution in [0.3, 0.4) is 0 Å². The summed E-state index contributed by atoms with van der Waals surface area (Å²) in [5, 5.41) is 4.79. The van der Waals surface area contributed by atoms with Crippen molar-refractivity contribution in [1.82, 2.24) is 24.2 Å². The molecule has 1 aliphatic heterocycles. The van der Waals surface area contributed by atoms with Crippen LogP contribution in [0.1, 0.15) is 50.0 Å². The van der Waals surface area contributed by atoms with E-state index in [4.69, 9.17) is 28.9 Å². The summed E-state index contributed by atoms with van der Waals surface area (Å²) in [5.74, 6) is 1.72. The summed E-state index contributed by atoms with van der Waals surface area (Å²) in [5.41, 5.74) is -0.837. The summed E-state index contributed by atoms with van der Waals surface area (Å²) in [6.07, 6.45) is -1.31. The Morgan fingerprint density at radius 3 is 2.40 bits per heavy atom. The Labute approximate surface area is 183 Å². The molecule has 4 rings (SSSR count). The minimum Gasteiger partial charge on any atom is -0.353 e. The third-order valence-electron chi connectivity index (χ3n) is 5.48. The van der Waals surface area contributed by atoms with E-state index in [0.29, 0.717) is 50.6 Å². The quantitative estimate of drug-likeness (QED) is 0.604. The molecule has 2 aromatic rings. The Hall–Kier alpha value is -1.65. The van der Waals surface area contributed by atoms with Crippen molar-refractivity contribution in [2.75, 3.05) is 31.1 Å². The fraction of sp³-hybridized carbons (Fsp3) is 0.632. The van der Waals surface area contributed by atoms with E-state index in [2.05, 4.69) is 28.3 Å². The van der Waals surface area contributed by atoms with Crippen molar-refractivity contribution in [2.45, 2.75) is 51.5 Å². The van der Waals surface area contributed by atoms with Crippen molar-refractivity contribution in [1.29, 1.82) is 0 Å². The molecule has 1 aliphatic carbocycles. The highest BCUT2D eigenvalue weighted by Crippen LogP contribution is 2.37. The highest BCUT2D eigenvalue weighted by atomic mass is 35.5. The molecule has 0 amide bonds. The summed E-state index contributed by atoms with van der Waals surface area (Å²) in [6, 6.07) is 1.42. The summed E-state index contributed by atoms with van der Waals surface area (Å²) >= 11 is 11.8. The number of hydrogen-bond donors (Lipinski definition) is 0. The molecule has 2 aliphatic rings. The van der Waals surface area contributed by atoms with Gasteiger partial charge < -0.3 is 9.47 Å². The van der Waals surface area contributed by atoms with Crippen molar-refractivity contribution in [3.05, 3.63) is 33.4 Å². The first-order valence-electron chi connectivity index (χ1n) is 10.0. The predicted octanol–water partition coefficient (Wildman–Crippen LogP) is 4.72.